The number of amides is 2. The molecule has 118 valence electrons. The second-order valence-corrected chi connectivity index (χ2v) is 5.55. The van der Waals surface area contributed by atoms with Crippen molar-refractivity contribution < 1.29 is 4.79 Å². The highest BCUT2D eigenvalue weighted by atomic mass is 16.2. The average Bonchev–Trinajstić information content (AvgIpc) is 3.01. The van der Waals surface area contributed by atoms with Gasteiger partial charge in [0, 0.05) is 30.2 Å². The van der Waals surface area contributed by atoms with E-state index in [1.165, 1.54) is 0 Å². The van der Waals surface area contributed by atoms with E-state index in [1.807, 2.05) is 44.2 Å². The van der Waals surface area contributed by atoms with Gasteiger partial charge in [0.15, 0.2) is 0 Å². The summed E-state index contributed by atoms with van der Waals surface area (Å²) >= 11 is 0. The molecule has 0 atom stereocenters. The van der Waals surface area contributed by atoms with E-state index in [-0.39, 0.29) is 12.1 Å². The number of hydrogen-bond donors (Lipinski definition) is 2. The Labute approximate surface area is 134 Å². The van der Waals surface area contributed by atoms with E-state index in [2.05, 4.69) is 20.7 Å². The standard InChI is InChI=1S/C17H19N5O/c1-12(2)22-16(8-10-20-22)21-17(23)19-11-13-7-9-18-15-6-4-3-5-14(13)15/h3-10,12H,11H2,1-2H3,(H2,19,21,23). The lowest BCUT2D eigenvalue weighted by molar-refractivity contribution is 0.251. The molecule has 1 aromatic carbocycles. The maximum Gasteiger partial charge on any atom is 0.320 e. The van der Waals surface area contributed by atoms with Crippen molar-refractivity contribution in [2.24, 2.45) is 0 Å². The van der Waals surface area contributed by atoms with Crippen LogP contribution in [0.25, 0.3) is 10.9 Å². The number of hydrogen-bond acceptors (Lipinski definition) is 3. The largest absolute Gasteiger partial charge is 0.334 e. The van der Waals surface area contributed by atoms with Crippen LogP contribution in [0.2, 0.25) is 0 Å². The fourth-order valence-corrected chi connectivity index (χ4v) is 2.47. The zero-order valence-electron chi connectivity index (χ0n) is 13.2. The summed E-state index contributed by atoms with van der Waals surface area (Å²) in [5.41, 5.74) is 1.95. The molecule has 0 fully saturated rings. The molecule has 0 unspecified atom stereocenters. The minimum absolute atomic E-state index is 0.185. The molecule has 6 heteroatoms. The van der Waals surface area contributed by atoms with Crippen molar-refractivity contribution >= 4 is 22.8 Å². The van der Waals surface area contributed by atoms with Crippen molar-refractivity contribution in [3.63, 3.8) is 0 Å². The zero-order chi connectivity index (χ0) is 16.2. The summed E-state index contributed by atoms with van der Waals surface area (Å²) in [7, 11) is 0. The molecule has 2 aromatic heterocycles. The molecule has 23 heavy (non-hydrogen) atoms. The zero-order valence-corrected chi connectivity index (χ0v) is 13.2. The Kier molecular flexibility index (Phi) is 4.23. The number of aromatic nitrogens is 3. The fraction of sp³-hybridized carbons (Fsp3) is 0.235. The second-order valence-electron chi connectivity index (χ2n) is 5.55. The van der Waals surface area contributed by atoms with Gasteiger partial charge >= 0.3 is 6.03 Å². The molecule has 0 aliphatic carbocycles. The second kappa shape index (κ2) is 6.48. The SMILES string of the molecule is CC(C)n1nccc1NC(=O)NCc1ccnc2ccccc12. The summed E-state index contributed by atoms with van der Waals surface area (Å²) < 4.78 is 1.77. The summed E-state index contributed by atoms with van der Waals surface area (Å²) in [6.07, 6.45) is 3.43. The Morgan fingerprint density at radius 3 is 2.83 bits per heavy atom. The number of fused-ring (bicyclic) bond motifs is 1. The van der Waals surface area contributed by atoms with Crippen LogP contribution in [0.1, 0.15) is 25.5 Å². The highest BCUT2D eigenvalue weighted by molar-refractivity contribution is 5.89. The summed E-state index contributed by atoms with van der Waals surface area (Å²) in [6, 6.07) is 11.5. The van der Waals surface area contributed by atoms with Gasteiger partial charge in [0.1, 0.15) is 5.82 Å². The predicted octanol–water partition coefficient (Wildman–Crippen LogP) is 3.33. The number of anilines is 1. The van der Waals surface area contributed by atoms with Gasteiger partial charge in [-0.1, -0.05) is 18.2 Å². The lowest BCUT2D eigenvalue weighted by Crippen LogP contribution is -2.29. The smallest absolute Gasteiger partial charge is 0.320 e. The van der Waals surface area contributed by atoms with Crippen molar-refractivity contribution in [1.29, 1.82) is 0 Å². The van der Waals surface area contributed by atoms with E-state index in [9.17, 15) is 4.79 Å². The van der Waals surface area contributed by atoms with Crippen molar-refractivity contribution in [2.45, 2.75) is 26.4 Å². The van der Waals surface area contributed by atoms with Gasteiger partial charge in [-0.3, -0.25) is 10.3 Å². The third kappa shape index (κ3) is 3.31. The van der Waals surface area contributed by atoms with Crippen LogP contribution in [0.4, 0.5) is 10.6 Å². The van der Waals surface area contributed by atoms with E-state index >= 15 is 0 Å². The molecular weight excluding hydrogens is 290 g/mol. The van der Waals surface area contributed by atoms with Gasteiger partial charge in [-0.15, -0.1) is 0 Å². The first-order chi connectivity index (χ1) is 11.1. The van der Waals surface area contributed by atoms with Crippen LogP contribution in [0.3, 0.4) is 0 Å². The molecule has 0 saturated heterocycles. The number of rotatable bonds is 4. The van der Waals surface area contributed by atoms with Crippen LogP contribution in [0.5, 0.6) is 0 Å². The molecule has 6 nitrogen and oxygen atoms in total. The first-order valence-electron chi connectivity index (χ1n) is 7.56. The lowest BCUT2D eigenvalue weighted by Gasteiger charge is -2.13. The van der Waals surface area contributed by atoms with E-state index in [1.54, 1.807) is 23.1 Å². The number of urea groups is 1. The maximum atomic E-state index is 12.1. The summed E-state index contributed by atoms with van der Waals surface area (Å²) in [5.74, 6) is 0.678. The number of carbonyl (C=O) groups excluding carboxylic acids is 1. The van der Waals surface area contributed by atoms with Gasteiger partial charge in [-0.2, -0.15) is 5.10 Å². The molecule has 2 amide bonds. The van der Waals surface area contributed by atoms with Crippen LogP contribution in [0, 0.1) is 0 Å². The van der Waals surface area contributed by atoms with Crippen molar-refractivity contribution in [1.82, 2.24) is 20.1 Å². The average molecular weight is 309 g/mol. The summed E-state index contributed by atoms with van der Waals surface area (Å²) in [4.78, 5) is 16.4. The van der Waals surface area contributed by atoms with Crippen molar-refractivity contribution in [3.05, 3.63) is 54.4 Å². The molecule has 3 aromatic rings. The first kappa shape index (κ1) is 15.0. The number of nitrogens with one attached hydrogen (secondary N) is 2. The fourth-order valence-electron chi connectivity index (χ4n) is 2.47. The molecule has 0 bridgehead atoms. The molecular formula is C17H19N5O. The van der Waals surface area contributed by atoms with E-state index < -0.39 is 0 Å². The minimum Gasteiger partial charge on any atom is -0.334 e. The van der Waals surface area contributed by atoms with Gasteiger partial charge < -0.3 is 5.32 Å². The maximum absolute atomic E-state index is 12.1. The van der Waals surface area contributed by atoms with Gasteiger partial charge in [-0.25, -0.2) is 9.48 Å². The van der Waals surface area contributed by atoms with Crippen LogP contribution in [0.15, 0.2) is 48.8 Å². The molecule has 0 radical (unpaired) electrons. The topological polar surface area (TPSA) is 71.8 Å². The van der Waals surface area contributed by atoms with Crippen molar-refractivity contribution in [3.8, 4) is 0 Å². The van der Waals surface area contributed by atoms with Crippen LogP contribution >= 0.6 is 0 Å². The first-order valence-corrected chi connectivity index (χ1v) is 7.56. The molecule has 0 aliphatic rings. The number of carbonyl (C=O) groups is 1. The van der Waals surface area contributed by atoms with Gasteiger partial charge in [0.25, 0.3) is 0 Å². The highest BCUT2D eigenvalue weighted by Gasteiger charge is 2.09. The Hall–Kier alpha value is -2.89. The minimum atomic E-state index is -0.256. The Bertz CT molecular complexity index is 819. The quantitative estimate of drug-likeness (QED) is 0.776. The highest BCUT2D eigenvalue weighted by Crippen LogP contribution is 2.16. The molecule has 0 saturated carbocycles. The van der Waals surface area contributed by atoms with Gasteiger partial charge in [0.2, 0.25) is 0 Å². The van der Waals surface area contributed by atoms with E-state index in [0.29, 0.717) is 12.4 Å². The number of pyridine rings is 1. The van der Waals surface area contributed by atoms with Crippen LogP contribution in [-0.4, -0.2) is 20.8 Å². The van der Waals surface area contributed by atoms with Crippen molar-refractivity contribution in [2.75, 3.05) is 5.32 Å². The Morgan fingerprint density at radius 1 is 1.17 bits per heavy atom. The molecule has 0 spiro atoms. The summed E-state index contributed by atoms with van der Waals surface area (Å²) in [5, 5.41) is 10.9. The van der Waals surface area contributed by atoms with E-state index in [0.717, 1.165) is 16.5 Å². The molecule has 3 rings (SSSR count). The lowest BCUT2D eigenvalue weighted by atomic mass is 10.1. The third-order valence-corrected chi connectivity index (χ3v) is 3.58. The number of nitrogens with zero attached hydrogens (tertiary/aromatic N) is 3. The van der Waals surface area contributed by atoms with Crippen LogP contribution < -0.4 is 10.6 Å². The Morgan fingerprint density at radius 2 is 2.00 bits per heavy atom. The molecule has 2 heterocycles. The molecule has 2 N–H and O–H groups in total. The van der Waals surface area contributed by atoms with Gasteiger partial charge in [0.05, 0.1) is 11.7 Å². The summed E-state index contributed by atoms with van der Waals surface area (Å²) in [6.45, 7) is 4.46. The monoisotopic (exact) mass is 309 g/mol. The van der Waals surface area contributed by atoms with E-state index in [4.69, 9.17) is 0 Å². The predicted molar refractivity (Wildman–Crippen MR) is 90.2 cm³/mol. The number of para-hydroxylation sites is 1. The normalized spacial score (nSPS) is 10.9. The Balaban J connectivity index is 1.68. The van der Waals surface area contributed by atoms with Crippen LogP contribution in [-0.2, 0) is 6.54 Å². The third-order valence-electron chi connectivity index (χ3n) is 3.58. The van der Waals surface area contributed by atoms with Gasteiger partial charge in [-0.05, 0) is 31.5 Å². The number of benzene rings is 1. The molecule has 0 aliphatic heterocycles.